The molecule has 2 N–H and O–H groups in total. The number of carbonyl (C=O) groups is 1. The molecule has 3 nitrogen and oxygen atoms in total. The van der Waals surface area contributed by atoms with Crippen LogP contribution in [0.5, 0.6) is 5.75 Å². The third kappa shape index (κ3) is 3.55. The van der Waals surface area contributed by atoms with Crippen molar-refractivity contribution >= 4 is 29.4 Å². The first-order valence-electron chi connectivity index (χ1n) is 5.63. The third-order valence-electron chi connectivity index (χ3n) is 2.58. The minimum atomic E-state index is -0.527. The summed E-state index contributed by atoms with van der Waals surface area (Å²) in [5, 5.41) is 12.6. The Morgan fingerprint density at radius 2 is 2.33 bits per heavy atom. The van der Waals surface area contributed by atoms with Crippen LogP contribution in [-0.2, 0) is 0 Å². The summed E-state index contributed by atoms with van der Waals surface area (Å²) in [6, 6.07) is 3.36. The molecule has 0 spiro atoms. The highest BCUT2D eigenvalue weighted by Gasteiger charge is 2.17. The molecular formula is C12H14FNO2S2. The Bertz CT molecular complexity index is 436. The van der Waals surface area contributed by atoms with E-state index in [0.717, 1.165) is 29.4 Å². The van der Waals surface area contributed by atoms with Gasteiger partial charge in [0, 0.05) is 29.1 Å². The second-order valence-corrected chi connectivity index (χ2v) is 6.50. The molecule has 1 amide bonds. The van der Waals surface area contributed by atoms with Crippen LogP contribution in [-0.4, -0.2) is 40.1 Å². The predicted molar refractivity (Wildman–Crippen MR) is 74.0 cm³/mol. The second-order valence-electron chi connectivity index (χ2n) is 3.94. The van der Waals surface area contributed by atoms with Crippen LogP contribution in [0, 0.1) is 5.82 Å². The zero-order valence-electron chi connectivity index (χ0n) is 9.69. The van der Waals surface area contributed by atoms with E-state index in [2.05, 4.69) is 5.32 Å². The van der Waals surface area contributed by atoms with Crippen LogP contribution in [0.15, 0.2) is 18.2 Å². The van der Waals surface area contributed by atoms with Gasteiger partial charge in [-0.25, -0.2) is 4.39 Å². The van der Waals surface area contributed by atoms with Gasteiger partial charge in [-0.3, -0.25) is 4.79 Å². The zero-order valence-corrected chi connectivity index (χ0v) is 11.3. The van der Waals surface area contributed by atoms with E-state index in [1.807, 2.05) is 23.5 Å². The van der Waals surface area contributed by atoms with Gasteiger partial charge in [0.25, 0.3) is 5.91 Å². The number of thioether (sulfide) groups is 2. The molecule has 0 aliphatic carbocycles. The first-order valence-corrected chi connectivity index (χ1v) is 7.83. The van der Waals surface area contributed by atoms with Crippen molar-refractivity contribution in [3.63, 3.8) is 0 Å². The predicted octanol–water partition coefficient (Wildman–Crippen LogP) is 2.11. The maximum absolute atomic E-state index is 13.0. The maximum atomic E-state index is 13.0. The van der Waals surface area contributed by atoms with Crippen LogP contribution < -0.4 is 5.32 Å². The molecule has 1 aliphatic heterocycles. The summed E-state index contributed by atoms with van der Waals surface area (Å²) in [5.74, 6) is 2.11. The molecule has 98 valence electrons. The number of amides is 1. The van der Waals surface area contributed by atoms with Gasteiger partial charge in [0.2, 0.25) is 0 Å². The SMILES string of the molecule is O=C(NCC1CSCCS1)c1cc(F)ccc1O. The van der Waals surface area contributed by atoms with Crippen molar-refractivity contribution in [2.24, 2.45) is 0 Å². The van der Waals surface area contributed by atoms with E-state index in [0.29, 0.717) is 11.8 Å². The van der Waals surface area contributed by atoms with E-state index >= 15 is 0 Å². The molecule has 0 saturated carbocycles. The number of nitrogens with one attached hydrogen (secondary N) is 1. The largest absolute Gasteiger partial charge is 0.507 e. The summed E-state index contributed by atoms with van der Waals surface area (Å²) in [6.45, 7) is 0.548. The Hall–Kier alpha value is -0.880. The first-order chi connectivity index (χ1) is 8.66. The number of rotatable bonds is 3. The van der Waals surface area contributed by atoms with Gasteiger partial charge in [-0.15, -0.1) is 0 Å². The number of phenolic OH excluding ortho intramolecular Hbond substituents is 1. The summed E-state index contributed by atoms with van der Waals surface area (Å²) in [6.07, 6.45) is 0. The van der Waals surface area contributed by atoms with E-state index in [1.165, 1.54) is 6.07 Å². The summed E-state index contributed by atoms with van der Waals surface area (Å²) in [5.41, 5.74) is -0.0107. The van der Waals surface area contributed by atoms with E-state index in [9.17, 15) is 14.3 Å². The summed E-state index contributed by atoms with van der Waals surface area (Å²) < 4.78 is 13.0. The lowest BCUT2D eigenvalue weighted by Crippen LogP contribution is -2.33. The molecule has 1 heterocycles. The van der Waals surface area contributed by atoms with Crippen molar-refractivity contribution in [2.75, 3.05) is 23.8 Å². The fraction of sp³-hybridized carbons (Fsp3) is 0.417. The maximum Gasteiger partial charge on any atom is 0.255 e. The van der Waals surface area contributed by atoms with Gasteiger partial charge >= 0.3 is 0 Å². The number of aromatic hydroxyl groups is 1. The topological polar surface area (TPSA) is 49.3 Å². The molecule has 1 aliphatic rings. The van der Waals surface area contributed by atoms with Crippen LogP contribution in [0.25, 0.3) is 0 Å². The highest BCUT2D eigenvalue weighted by atomic mass is 32.2. The molecule has 0 bridgehead atoms. The first kappa shape index (κ1) is 13.5. The molecule has 1 fully saturated rings. The average Bonchev–Trinajstić information content (AvgIpc) is 2.40. The van der Waals surface area contributed by atoms with Crippen LogP contribution >= 0.6 is 23.5 Å². The fourth-order valence-electron chi connectivity index (χ4n) is 1.65. The van der Waals surface area contributed by atoms with Crippen molar-refractivity contribution in [1.29, 1.82) is 0 Å². The molecule has 2 rings (SSSR count). The normalized spacial score (nSPS) is 19.5. The molecule has 1 saturated heterocycles. The fourth-order valence-corrected chi connectivity index (χ4v) is 4.26. The Kier molecular flexibility index (Phi) is 4.77. The lowest BCUT2D eigenvalue weighted by Gasteiger charge is -2.21. The van der Waals surface area contributed by atoms with Gasteiger partial charge in [-0.1, -0.05) is 0 Å². The number of hydrogen-bond acceptors (Lipinski definition) is 4. The Morgan fingerprint density at radius 1 is 1.50 bits per heavy atom. The van der Waals surface area contributed by atoms with E-state index in [1.54, 1.807) is 0 Å². The van der Waals surface area contributed by atoms with E-state index in [-0.39, 0.29) is 11.3 Å². The lowest BCUT2D eigenvalue weighted by molar-refractivity contribution is 0.0951. The number of halogens is 1. The van der Waals surface area contributed by atoms with E-state index in [4.69, 9.17) is 0 Å². The molecule has 1 atom stereocenters. The van der Waals surface area contributed by atoms with Gasteiger partial charge < -0.3 is 10.4 Å². The molecule has 0 radical (unpaired) electrons. The van der Waals surface area contributed by atoms with Crippen molar-refractivity contribution in [2.45, 2.75) is 5.25 Å². The number of hydrogen-bond donors (Lipinski definition) is 2. The van der Waals surface area contributed by atoms with Gasteiger partial charge in [0.1, 0.15) is 11.6 Å². The van der Waals surface area contributed by atoms with Gasteiger partial charge in [0.15, 0.2) is 0 Å². The summed E-state index contributed by atoms with van der Waals surface area (Å²) in [4.78, 5) is 11.8. The summed E-state index contributed by atoms with van der Waals surface area (Å²) >= 11 is 3.71. The second kappa shape index (κ2) is 6.33. The minimum absolute atomic E-state index is 0.0107. The molecule has 1 aromatic rings. The Morgan fingerprint density at radius 3 is 3.06 bits per heavy atom. The number of benzene rings is 1. The quantitative estimate of drug-likeness (QED) is 0.894. The Labute approximate surface area is 114 Å². The van der Waals surface area contributed by atoms with Crippen LogP contribution in [0.2, 0.25) is 0 Å². The average molecular weight is 287 g/mol. The zero-order chi connectivity index (χ0) is 13.0. The molecule has 0 aromatic heterocycles. The van der Waals surface area contributed by atoms with Crippen molar-refractivity contribution in [3.05, 3.63) is 29.6 Å². The van der Waals surface area contributed by atoms with Crippen LogP contribution in [0.1, 0.15) is 10.4 Å². The molecular weight excluding hydrogens is 273 g/mol. The molecule has 18 heavy (non-hydrogen) atoms. The van der Waals surface area contributed by atoms with Crippen molar-refractivity contribution in [1.82, 2.24) is 5.32 Å². The highest BCUT2D eigenvalue weighted by Crippen LogP contribution is 2.23. The van der Waals surface area contributed by atoms with Gasteiger partial charge in [-0.05, 0) is 18.2 Å². The van der Waals surface area contributed by atoms with Crippen LogP contribution in [0.3, 0.4) is 0 Å². The third-order valence-corrected chi connectivity index (χ3v) is 5.42. The minimum Gasteiger partial charge on any atom is -0.507 e. The lowest BCUT2D eigenvalue weighted by atomic mass is 10.2. The van der Waals surface area contributed by atoms with Gasteiger partial charge in [0.05, 0.1) is 5.56 Å². The Balaban J connectivity index is 1.92. The van der Waals surface area contributed by atoms with Gasteiger partial charge in [-0.2, -0.15) is 23.5 Å². The molecule has 6 heteroatoms. The monoisotopic (exact) mass is 287 g/mol. The summed E-state index contributed by atoms with van der Waals surface area (Å²) in [7, 11) is 0. The molecule has 1 aromatic carbocycles. The van der Waals surface area contributed by atoms with Crippen molar-refractivity contribution < 1.29 is 14.3 Å². The van der Waals surface area contributed by atoms with E-state index < -0.39 is 11.7 Å². The smallest absolute Gasteiger partial charge is 0.255 e. The van der Waals surface area contributed by atoms with Crippen molar-refractivity contribution in [3.8, 4) is 5.75 Å². The number of carbonyl (C=O) groups excluding carboxylic acids is 1. The standard InChI is InChI=1S/C12H14FNO2S2/c13-8-1-2-11(15)10(5-8)12(16)14-6-9-7-17-3-4-18-9/h1-2,5,9,15H,3-4,6-7H2,(H,14,16). The number of phenols is 1. The highest BCUT2D eigenvalue weighted by molar-refractivity contribution is 8.06. The molecule has 1 unspecified atom stereocenters. The van der Waals surface area contributed by atoms with Crippen LogP contribution in [0.4, 0.5) is 4.39 Å².